The maximum Gasteiger partial charge on any atom is 0.128 e. The molecule has 112 valence electrons. The van der Waals surface area contributed by atoms with Crippen LogP contribution < -0.4 is 5.73 Å². The van der Waals surface area contributed by atoms with E-state index in [0.717, 1.165) is 40.2 Å². The highest BCUT2D eigenvalue weighted by Gasteiger charge is 2.23. The molecule has 3 rings (SSSR count). The second kappa shape index (κ2) is 7.30. The van der Waals surface area contributed by atoms with Crippen molar-refractivity contribution in [3.63, 3.8) is 0 Å². The zero-order valence-electron chi connectivity index (χ0n) is 11.7. The van der Waals surface area contributed by atoms with Crippen molar-refractivity contribution in [2.45, 2.75) is 35.0 Å². The maximum atomic E-state index is 14.4. The molecule has 0 fully saturated rings. The van der Waals surface area contributed by atoms with Crippen LogP contribution in [0, 0.1) is 5.82 Å². The van der Waals surface area contributed by atoms with Crippen LogP contribution in [-0.2, 0) is 6.42 Å². The summed E-state index contributed by atoms with van der Waals surface area (Å²) in [5.41, 5.74) is 7.78. The molecular formula is C17H19ClFNS. The molecule has 0 radical (unpaired) electrons. The minimum Gasteiger partial charge on any atom is -0.330 e. The summed E-state index contributed by atoms with van der Waals surface area (Å²) in [6.45, 7) is 0.537. The van der Waals surface area contributed by atoms with E-state index >= 15 is 0 Å². The summed E-state index contributed by atoms with van der Waals surface area (Å²) in [6, 6.07) is 13.9. The second-order valence-corrected chi connectivity index (χ2v) is 6.36. The number of hydrogen-bond donors (Lipinski definition) is 1. The number of hydrogen-bond acceptors (Lipinski definition) is 2. The molecule has 0 aromatic heterocycles. The molecule has 0 unspecified atom stereocenters. The van der Waals surface area contributed by atoms with Crippen molar-refractivity contribution in [1.29, 1.82) is 0 Å². The van der Waals surface area contributed by atoms with Crippen molar-refractivity contribution < 1.29 is 4.39 Å². The van der Waals surface area contributed by atoms with Gasteiger partial charge in [0.2, 0.25) is 0 Å². The topological polar surface area (TPSA) is 26.0 Å². The molecule has 0 saturated carbocycles. The number of halogens is 2. The fourth-order valence-electron chi connectivity index (χ4n) is 2.91. The van der Waals surface area contributed by atoms with Gasteiger partial charge in [0, 0.05) is 9.79 Å². The Morgan fingerprint density at radius 1 is 1.14 bits per heavy atom. The Morgan fingerprint density at radius 2 is 1.90 bits per heavy atom. The third-order valence-electron chi connectivity index (χ3n) is 3.86. The molecule has 2 aromatic carbocycles. The maximum absolute atomic E-state index is 14.4. The van der Waals surface area contributed by atoms with Crippen molar-refractivity contribution in [2.75, 3.05) is 6.54 Å². The van der Waals surface area contributed by atoms with Gasteiger partial charge < -0.3 is 5.73 Å². The van der Waals surface area contributed by atoms with E-state index in [1.807, 2.05) is 30.3 Å². The second-order valence-electron chi connectivity index (χ2n) is 5.22. The molecule has 0 amide bonds. The highest BCUT2D eigenvalue weighted by Crippen LogP contribution is 2.37. The van der Waals surface area contributed by atoms with Crippen LogP contribution in [0.2, 0.25) is 0 Å². The van der Waals surface area contributed by atoms with Gasteiger partial charge in [-0.15, -0.1) is 12.4 Å². The summed E-state index contributed by atoms with van der Waals surface area (Å²) in [5, 5.41) is 0. The Morgan fingerprint density at radius 3 is 2.62 bits per heavy atom. The van der Waals surface area contributed by atoms with Crippen LogP contribution in [0.3, 0.4) is 0 Å². The fraction of sp³-hybridized carbons (Fsp3) is 0.294. The predicted molar refractivity (Wildman–Crippen MR) is 88.9 cm³/mol. The van der Waals surface area contributed by atoms with Gasteiger partial charge in [-0.2, -0.15) is 0 Å². The number of benzene rings is 2. The van der Waals surface area contributed by atoms with Crippen molar-refractivity contribution >= 4 is 24.2 Å². The van der Waals surface area contributed by atoms with Crippen LogP contribution in [0.4, 0.5) is 4.39 Å². The smallest absolute Gasteiger partial charge is 0.128 e. The van der Waals surface area contributed by atoms with Crippen LogP contribution in [0.5, 0.6) is 0 Å². The minimum absolute atomic E-state index is 0. The Kier molecular flexibility index (Phi) is 5.68. The van der Waals surface area contributed by atoms with Gasteiger partial charge in [0.15, 0.2) is 0 Å². The quantitative estimate of drug-likeness (QED) is 0.880. The van der Waals surface area contributed by atoms with Gasteiger partial charge in [0.05, 0.1) is 0 Å². The lowest BCUT2D eigenvalue weighted by atomic mass is 9.82. The van der Waals surface area contributed by atoms with Gasteiger partial charge in [-0.25, -0.2) is 4.39 Å². The third kappa shape index (κ3) is 3.60. The summed E-state index contributed by atoms with van der Waals surface area (Å²) < 4.78 is 14.4. The van der Waals surface area contributed by atoms with E-state index in [0.29, 0.717) is 6.54 Å². The molecule has 1 atom stereocenters. The van der Waals surface area contributed by atoms with E-state index < -0.39 is 0 Å². The monoisotopic (exact) mass is 323 g/mol. The van der Waals surface area contributed by atoms with Crippen LogP contribution in [0.15, 0.2) is 52.3 Å². The Bertz CT molecular complexity index is 603. The average Bonchev–Trinajstić information content (AvgIpc) is 2.47. The number of nitrogens with two attached hydrogens (primary N) is 1. The normalized spacial score (nSPS) is 17.0. The van der Waals surface area contributed by atoms with Crippen molar-refractivity contribution in [2.24, 2.45) is 5.73 Å². The van der Waals surface area contributed by atoms with Crippen molar-refractivity contribution in [1.82, 2.24) is 0 Å². The highest BCUT2D eigenvalue weighted by molar-refractivity contribution is 7.99. The summed E-state index contributed by atoms with van der Waals surface area (Å²) in [5.74, 6) is 0.102. The average molecular weight is 324 g/mol. The molecule has 4 heteroatoms. The molecule has 1 aliphatic rings. The van der Waals surface area contributed by atoms with E-state index in [4.69, 9.17) is 5.73 Å². The molecule has 1 nitrogen and oxygen atoms in total. The third-order valence-corrected chi connectivity index (χ3v) is 4.84. The van der Waals surface area contributed by atoms with Crippen LogP contribution in [0.25, 0.3) is 0 Å². The molecule has 21 heavy (non-hydrogen) atoms. The first kappa shape index (κ1) is 16.3. The molecule has 0 spiro atoms. The first-order valence-electron chi connectivity index (χ1n) is 7.03. The van der Waals surface area contributed by atoms with Crippen LogP contribution in [0.1, 0.15) is 29.9 Å². The molecule has 1 aliphatic carbocycles. The Hall–Kier alpha value is -1.03. The summed E-state index contributed by atoms with van der Waals surface area (Å²) >= 11 is 1.61. The molecule has 0 bridgehead atoms. The largest absolute Gasteiger partial charge is 0.330 e. The summed E-state index contributed by atoms with van der Waals surface area (Å²) in [4.78, 5) is 2.11. The molecule has 2 N–H and O–H groups in total. The molecule has 0 saturated heterocycles. The van der Waals surface area contributed by atoms with Crippen molar-refractivity contribution in [3.05, 3.63) is 59.4 Å². The molecule has 0 heterocycles. The van der Waals surface area contributed by atoms with E-state index in [9.17, 15) is 4.39 Å². The standard InChI is InChI=1S/C17H18FNS.ClH/c18-16-10-15(20-14-7-2-1-3-8-14)9-12-5-4-6-13(11-19)17(12)16;/h1-3,7-10,13H,4-6,11,19H2;1H/t13-;/m0./s1. The molecule has 0 aliphatic heterocycles. The van der Waals surface area contributed by atoms with E-state index in [2.05, 4.69) is 6.07 Å². The zero-order valence-corrected chi connectivity index (χ0v) is 13.4. The lowest BCUT2D eigenvalue weighted by Crippen LogP contribution is -2.19. The highest BCUT2D eigenvalue weighted by atomic mass is 35.5. The lowest BCUT2D eigenvalue weighted by molar-refractivity contribution is 0.510. The fourth-order valence-corrected chi connectivity index (χ4v) is 3.84. The van der Waals surface area contributed by atoms with Gasteiger partial charge in [-0.1, -0.05) is 30.0 Å². The SMILES string of the molecule is Cl.NC[C@@H]1CCCc2cc(Sc3ccccc3)cc(F)c21. The van der Waals surface area contributed by atoms with Gasteiger partial charge in [-0.3, -0.25) is 0 Å². The van der Waals surface area contributed by atoms with E-state index in [-0.39, 0.29) is 24.1 Å². The Balaban J connectivity index is 0.00000161. The first-order chi connectivity index (χ1) is 9.78. The van der Waals surface area contributed by atoms with Crippen LogP contribution in [-0.4, -0.2) is 6.54 Å². The first-order valence-corrected chi connectivity index (χ1v) is 7.85. The van der Waals surface area contributed by atoms with E-state index in [1.54, 1.807) is 17.8 Å². The number of fused-ring (bicyclic) bond motifs is 1. The predicted octanol–water partition coefficient (Wildman–Crippen LogP) is 4.78. The van der Waals surface area contributed by atoms with Crippen molar-refractivity contribution in [3.8, 4) is 0 Å². The van der Waals surface area contributed by atoms with Gasteiger partial charge >= 0.3 is 0 Å². The zero-order chi connectivity index (χ0) is 13.9. The minimum atomic E-state index is -0.0870. The Labute approximate surface area is 135 Å². The molecule has 2 aromatic rings. The number of aryl methyl sites for hydroxylation is 1. The van der Waals surface area contributed by atoms with Gasteiger partial charge in [-0.05, 0) is 67.1 Å². The summed E-state index contributed by atoms with van der Waals surface area (Å²) in [6.07, 6.45) is 3.07. The number of rotatable bonds is 3. The molecular weight excluding hydrogens is 305 g/mol. The summed E-state index contributed by atoms with van der Waals surface area (Å²) in [7, 11) is 0. The van der Waals surface area contributed by atoms with Gasteiger partial charge in [0.1, 0.15) is 5.82 Å². The van der Waals surface area contributed by atoms with Gasteiger partial charge in [0.25, 0.3) is 0 Å². The van der Waals surface area contributed by atoms with E-state index in [1.165, 1.54) is 0 Å². The van der Waals surface area contributed by atoms with Crippen LogP contribution >= 0.6 is 24.2 Å². The lowest BCUT2D eigenvalue weighted by Gasteiger charge is -2.25.